The second-order valence-corrected chi connectivity index (χ2v) is 4.78. The zero-order valence-electron chi connectivity index (χ0n) is 10.4. The van der Waals surface area contributed by atoms with Crippen LogP contribution in [-0.2, 0) is 0 Å². The van der Waals surface area contributed by atoms with E-state index in [-0.39, 0.29) is 5.56 Å². The highest BCUT2D eigenvalue weighted by Crippen LogP contribution is 2.28. The normalized spacial score (nSPS) is 10.2. The molecule has 98 valence electrons. The predicted molar refractivity (Wildman–Crippen MR) is 77.7 cm³/mol. The number of ether oxygens (including phenoxy) is 1. The van der Waals surface area contributed by atoms with Gasteiger partial charge in [0.2, 0.25) is 0 Å². The third-order valence-corrected chi connectivity index (χ3v) is 3.30. The summed E-state index contributed by atoms with van der Waals surface area (Å²) in [5.41, 5.74) is 11.7. The van der Waals surface area contributed by atoms with Gasteiger partial charge in [0.15, 0.2) is 0 Å². The number of hydrogen-bond donors (Lipinski definition) is 2. The van der Waals surface area contributed by atoms with E-state index in [9.17, 15) is 4.79 Å². The molecule has 1 amide bonds. The van der Waals surface area contributed by atoms with Crippen LogP contribution in [0.5, 0.6) is 11.5 Å². The van der Waals surface area contributed by atoms with Crippen LogP contribution >= 0.6 is 11.8 Å². The minimum absolute atomic E-state index is 0.272. The largest absolute Gasteiger partial charge is 0.457 e. The van der Waals surface area contributed by atoms with Gasteiger partial charge in [-0.1, -0.05) is 0 Å². The summed E-state index contributed by atoms with van der Waals surface area (Å²) in [7, 11) is 0. The minimum Gasteiger partial charge on any atom is -0.457 e. The Morgan fingerprint density at radius 2 is 1.84 bits per heavy atom. The van der Waals surface area contributed by atoms with E-state index in [2.05, 4.69) is 0 Å². The van der Waals surface area contributed by atoms with Crippen molar-refractivity contribution in [1.82, 2.24) is 0 Å². The number of carbonyl (C=O) groups is 1. The molecule has 4 nitrogen and oxygen atoms in total. The highest BCUT2D eigenvalue weighted by atomic mass is 32.2. The third kappa shape index (κ3) is 3.20. The summed E-state index contributed by atoms with van der Waals surface area (Å²) >= 11 is 1.65. The van der Waals surface area contributed by atoms with Gasteiger partial charge in [-0.05, 0) is 48.7 Å². The van der Waals surface area contributed by atoms with Crippen LogP contribution in [0.15, 0.2) is 47.4 Å². The van der Waals surface area contributed by atoms with E-state index in [1.165, 1.54) is 6.07 Å². The molecule has 2 aromatic rings. The number of anilines is 1. The van der Waals surface area contributed by atoms with E-state index < -0.39 is 5.91 Å². The van der Waals surface area contributed by atoms with Crippen LogP contribution in [0.25, 0.3) is 0 Å². The van der Waals surface area contributed by atoms with E-state index in [1.54, 1.807) is 23.9 Å². The van der Waals surface area contributed by atoms with Gasteiger partial charge >= 0.3 is 0 Å². The molecular formula is C14H14N2O2S. The molecule has 0 aliphatic carbocycles. The lowest BCUT2D eigenvalue weighted by molar-refractivity contribution is 0.0998. The molecule has 0 fully saturated rings. The van der Waals surface area contributed by atoms with Crippen molar-refractivity contribution in [2.24, 2.45) is 5.73 Å². The van der Waals surface area contributed by atoms with Gasteiger partial charge in [0.1, 0.15) is 11.5 Å². The van der Waals surface area contributed by atoms with Gasteiger partial charge in [0.25, 0.3) is 5.91 Å². The minimum atomic E-state index is -0.567. The third-order valence-electron chi connectivity index (χ3n) is 2.56. The molecule has 19 heavy (non-hydrogen) atoms. The average molecular weight is 274 g/mol. The average Bonchev–Trinajstić information content (AvgIpc) is 2.41. The van der Waals surface area contributed by atoms with Gasteiger partial charge in [-0.25, -0.2) is 0 Å². The molecule has 0 saturated carbocycles. The summed E-state index contributed by atoms with van der Waals surface area (Å²) < 4.78 is 5.66. The molecule has 0 bridgehead atoms. The SMILES string of the molecule is CSc1ccc(Oc2ccc(N)cc2C(N)=O)cc1. The zero-order valence-corrected chi connectivity index (χ0v) is 11.2. The Morgan fingerprint density at radius 1 is 1.16 bits per heavy atom. The van der Waals surface area contributed by atoms with Gasteiger partial charge in [-0.3, -0.25) is 4.79 Å². The van der Waals surface area contributed by atoms with Gasteiger partial charge < -0.3 is 16.2 Å². The maximum Gasteiger partial charge on any atom is 0.252 e. The number of amides is 1. The van der Waals surface area contributed by atoms with Gasteiger partial charge in [-0.2, -0.15) is 0 Å². The molecule has 0 unspecified atom stereocenters. The Hall–Kier alpha value is -2.14. The van der Waals surface area contributed by atoms with Crippen molar-refractivity contribution >= 4 is 23.4 Å². The van der Waals surface area contributed by atoms with Crippen LogP contribution in [0, 0.1) is 0 Å². The molecule has 2 rings (SSSR count). The first-order valence-corrected chi connectivity index (χ1v) is 6.84. The number of primary amides is 1. The number of carbonyl (C=O) groups excluding carboxylic acids is 1. The first-order valence-electron chi connectivity index (χ1n) is 5.61. The Kier molecular flexibility index (Phi) is 3.97. The van der Waals surface area contributed by atoms with Gasteiger partial charge in [-0.15, -0.1) is 11.8 Å². The summed E-state index contributed by atoms with van der Waals surface area (Å²) in [5, 5.41) is 0. The van der Waals surface area contributed by atoms with E-state index >= 15 is 0 Å². The number of benzene rings is 2. The Labute approximate surface area is 115 Å². The molecule has 2 aromatic carbocycles. The summed E-state index contributed by atoms with van der Waals surface area (Å²) in [6, 6.07) is 12.4. The molecule has 0 aliphatic heterocycles. The van der Waals surface area contributed by atoms with Crippen LogP contribution < -0.4 is 16.2 Å². The second-order valence-electron chi connectivity index (χ2n) is 3.90. The van der Waals surface area contributed by atoms with Crippen molar-refractivity contribution in [2.75, 3.05) is 12.0 Å². The summed E-state index contributed by atoms with van der Waals surface area (Å²) in [6.45, 7) is 0. The fraction of sp³-hybridized carbons (Fsp3) is 0.0714. The van der Waals surface area contributed by atoms with Crippen molar-refractivity contribution in [3.63, 3.8) is 0 Å². The molecule has 0 heterocycles. The molecule has 0 spiro atoms. The summed E-state index contributed by atoms with van der Waals surface area (Å²) in [5.74, 6) is 0.478. The van der Waals surface area contributed by atoms with E-state index in [4.69, 9.17) is 16.2 Å². The van der Waals surface area contributed by atoms with E-state index in [0.717, 1.165) is 4.90 Å². The molecule has 0 atom stereocenters. The fourth-order valence-corrected chi connectivity index (χ4v) is 2.01. The topological polar surface area (TPSA) is 78.3 Å². The number of nitrogens with two attached hydrogens (primary N) is 2. The Bertz CT molecular complexity index is 597. The molecule has 0 aromatic heterocycles. The first-order chi connectivity index (χ1) is 9.10. The van der Waals surface area contributed by atoms with Crippen LogP contribution in [0.4, 0.5) is 5.69 Å². The lowest BCUT2D eigenvalue weighted by atomic mass is 10.1. The highest BCUT2D eigenvalue weighted by molar-refractivity contribution is 7.98. The quantitative estimate of drug-likeness (QED) is 0.663. The van der Waals surface area contributed by atoms with E-state index in [0.29, 0.717) is 17.2 Å². The Morgan fingerprint density at radius 3 is 2.42 bits per heavy atom. The maximum atomic E-state index is 11.3. The summed E-state index contributed by atoms with van der Waals surface area (Å²) in [6.07, 6.45) is 2.00. The lowest BCUT2D eigenvalue weighted by Crippen LogP contribution is -2.12. The van der Waals surface area contributed by atoms with E-state index in [1.807, 2.05) is 30.5 Å². The van der Waals surface area contributed by atoms with Crippen molar-refractivity contribution in [1.29, 1.82) is 0 Å². The molecule has 5 heteroatoms. The van der Waals surface area contributed by atoms with Crippen LogP contribution in [0.3, 0.4) is 0 Å². The Balaban J connectivity index is 2.29. The molecule has 0 radical (unpaired) electrons. The lowest BCUT2D eigenvalue weighted by Gasteiger charge is -2.10. The van der Waals surface area contributed by atoms with Crippen LogP contribution in [-0.4, -0.2) is 12.2 Å². The van der Waals surface area contributed by atoms with Crippen LogP contribution in [0.1, 0.15) is 10.4 Å². The fourth-order valence-electron chi connectivity index (χ4n) is 1.60. The molecule has 0 saturated heterocycles. The molecular weight excluding hydrogens is 260 g/mol. The van der Waals surface area contributed by atoms with Gasteiger partial charge in [0.05, 0.1) is 5.56 Å². The number of hydrogen-bond acceptors (Lipinski definition) is 4. The van der Waals surface area contributed by atoms with Crippen molar-refractivity contribution in [3.8, 4) is 11.5 Å². The van der Waals surface area contributed by atoms with Crippen molar-refractivity contribution < 1.29 is 9.53 Å². The highest BCUT2D eigenvalue weighted by Gasteiger charge is 2.10. The maximum absolute atomic E-state index is 11.3. The smallest absolute Gasteiger partial charge is 0.252 e. The van der Waals surface area contributed by atoms with Crippen molar-refractivity contribution in [2.45, 2.75) is 4.90 Å². The summed E-state index contributed by atoms with van der Waals surface area (Å²) in [4.78, 5) is 12.5. The van der Waals surface area contributed by atoms with Crippen LogP contribution in [0.2, 0.25) is 0 Å². The second kappa shape index (κ2) is 5.67. The molecule has 4 N–H and O–H groups in total. The number of nitrogen functional groups attached to an aromatic ring is 1. The van der Waals surface area contributed by atoms with Gasteiger partial charge in [0, 0.05) is 10.6 Å². The monoisotopic (exact) mass is 274 g/mol. The number of rotatable bonds is 4. The van der Waals surface area contributed by atoms with Crippen molar-refractivity contribution in [3.05, 3.63) is 48.0 Å². The number of thioether (sulfide) groups is 1. The molecule has 0 aliphatic rings. The predicted octanol–water partition coefficient (Wildman–Crippen LogP) is 2.88. The standard InChI is InChI=1S/C14H14N2O2S/c1-19-11-5-3-10(4-6-11)18-13-7-2-9(15)8-12(13)14(16)17/h2-8H,15H2,1H3,(H2,16,17). The zero-order chi connectivity index (χ0) is 13.8. The first kappa shape index (κ1) is 13.3.